The molecule has 1 unspecified atom stereocenters. The lowest BCUT2D eigenvalue weighted by atomic mass is 10.1. The molecule has 2 N–H and O–H groups in total. The number of rotatable bonds is 7. The summed E-state index contributed by atoms with van der Waals surface area (Å²) >= 11 is 1.53. The number of nitrogens with one attached hydrogen (secondary N) is 2. The summed E-state index contributed by atoms with van der Waals surface area (Å²) in [5.74, 6) is 0.464. The normalized spacial score (nSPS) is 14.6. The minimum absolute atomic E-state index is 0.0932. The SMILES string of the molecule is CCN1C(=O)CSc2ccc(C(=O)NCC[NH+](C)Cc3ccccc3)cc21. The molecule has 0 fully saturated rings. The fourth-order valence-electron chi connectivity index (χ4n) is 3.21. The second-order valence-corrected chi connectivity index (χ2v) is 7.75. The quantitative estimate of drug-likeness (QED) is 0.762. The number of carbonyl (C=O) groups is 2. The molecule has 3 rings (SSSR count). The van der Waals surface area contributed by atoms with Crippen molar-refractivity contribution in [2.75, 3.05) is 37.3 Å². The predicted octanol–water partition coefficient (Wildman–Crippen LogP) is 1.59. The van der Waals surface area contributed by atoms with Crippen molar-refractivity contribution in [3.8, 4) is 0 Å². The summed E-state index contributed by atoms with van der Waals surface area (Å²) in [7, 11) is 2.13. The van der Waals surface area contributed by atoms with Gasteiger partial charge in [0.15, 0.2) is 0 Å². The molecule has 0 saturated carbocycles. The number of anilines is 1. The number of fused-ring (bicyclic) bond motifs is 1. The number of likely N-dealkylation sites (N-methyl/N-ethyl adjacent to an activating group) is 1. The molecule has 0 saturated heterocycles. The second-order valence-electron chi connectivity index (χ2n) is 6.73. The number of nitrogens with zero attached hydrogens (tertiary/aromatic N) is 1. The number of carbonyl (C=O) groups excluding carboxylic acids is 2. The summed E-state index contributed by atoms with van der Waals surface area (Å²) in [6.45, 7) is 4.96. The van der Waals surface area contributed by atoms with Crippen molar-refractivity contribution < 1.29 is 14.5 Å². The molecule has 1 heterocycles. The van der Waals surface area contributed by atoms with Crippen molar-refractivity contribution in [3.63, 3.8) is 0 Å². The molecule has 5 nitrogen and oxygen atoms in total. The zero-order valence-electron chi connectivity index (χ0n) is 15.8. The van der Waals surface area contributed by atoms with Crippen LogP contribution in [0.15, 0.2) is 53.4 Å². The van der Waals surface area contributed by atoms with E-state index >= 15 is 0 Å². The Kier molecular flexibility index (Phi) is 6.53. The van der Waals surface area contributed by atoms with Gasteiger partial charge in [-0.3, -0.25) is 9.59 Å². The molecule has 1 aliphatic rings. The highest BCUT2D eigenvalue weighted by molar-refractivity contribution is 8.00. The zero-order chi connectivity index (χ0) is 19.2. The van der Waals surface area contributed by atoms with Crippen LogP contribution in [0.4, 0.5) is 5.69 Å². The van der Waals surface area contributed by atoms with Crippen molar-refractivity contribution in [1.82, 2.24) is 5.32 Å². The largest absolute Gasteiger partial charge is 0.346 e. The number of hydrogen-bond acceptors (Lipinski definition) is 3. The first kappa shape index (κ1) is 19.5. The molecule has 1 aliphatic heterocycles. The van der Waals surface area contributed by atoms with Crippen LogP contribution >= 0.6 is 11.8 Å². The number of thioether (sulfide) groups is 1. The van der Waals surface area contributed by atoms with E-state index in [1.807, 2.05) is 43.3 Å². The van der Waals surface area contributed by atoms with E-state index in [9.17, 15) is 9.59 Å². The fourth-order valence-corrected chi connectivity index (χ4v) is 4.13. The Morgan fingerprint density at radius 2 is 2.00 bits per heavy atom. The molecule has 0 aliphatic carbocycles. The third kappa shape index (κ3) is 4.90. The monoisotopic (exact) mass is 384 g/mol. The van der Waals surface area contributed by atoms with E-state index < -0.39 is 0 Å². The first-order valence-electron chi connectivity index (χ1n) is 9.29. The first-order chi connectivity index (χ1) is 13.1. The smallest absolute Gasteiger partial charge is 0.251 e. The van der Waals surface area contributed by atoms with Gasteiger partial charge in [0, 0.05) is 22.6 Å². The Balaban J connectivity index is 1.55. The Morgan fingerprint density at radius 3 is 2.74 bits per heavy atom. The van der Waals surface area contributed by atoms with Crippen molar-refractivity contribution in [2.45, 2.75) is 18.4 Å². The van der Waals surface area contributed by atoms with Crippen LogP contribution in [-0.4, -0.2) is 44.2 Å². The van der Waals surface area contributed by atoms with E-state index in [1.54, 1.807) is 4.90 Å². The fraction of sp³-hybridized carbons (Fsp3) is 0.333. The zero-order valence-corrected chi connectivity index (χ0v) is 16.6. The molecular weight excluding hydrogens is 358 g/mol. The van der Waals surface area contributed by atoms with Crippen molar-refractivity contribution >= 4 is 29.3 Å². The van der Waals surface area contributed by atoms with Crippen LogP contribution in [0.5, 0.6) is 0 Å². The molecule has 2 amide bonds. The average Bonchev–Trinajstić information content (AvgIpc) is 2.68. The minimum atomic E-state index is -0.0932. The molecule has 0 bridgehead atoms. The van der Waals surface area contributed by atoms with Gasteiger partial charge < -0.3 is 15.1 Å². The highest BCUT2D eigenvalue weighted by atomic mass is 32.2. The predicted molar refractivity (Wildman–Crippen MR) is 109 cm³/mol. The Morgan fingerprint density at radius 1 is 1.22 bits per heavy atom. The Labute approximate surface area is 164 Å². The topological polar surface area (TPSA) is 53.9 Å². The molecule has 27 heavy (non-hydrogen) atoms. The van der Waals surface area contributed by atoms with E-state index in [0.717, 1.165) is 23.7 Å². The maximum atomic E-state index is 12.5. The standard InChI is InChI=1S/C21H25N3O2S/c1-3-24-18-13-17(9-10-19(18)27-15-20(24)25)21(26)22-11-12-23(2)14-16-7-5-4-6-8-16/h4-10,13H,3,11-12,14-15H2,1-2H3,(H,22,26)/p+1. The minimum Gasteiger partial charge on any atom is -0.346 e. The highest BCUT2D eigenvalue weighted by Crippen LogP contribution is 2.35. The highest BCUT2D eigenvalue weighted by Gasteiger charge is 2.24. The van der Waals surface area contributed by atoms with Crippen LogP contribution in [0.25, 0.3) is 0 Å². The van der Waals surface area contributed by atoms with Gasteiger partial charge in [0.05, 0.1) is 31.6 Å². The molecule has 1 atom stereocenters. The van der Waals surface area contributed by atoms with Crippen LogP contribution in [-0.2, 0) is 11.3 Å². The second kappa shape index (κ2) is 9.06. The summed E-state index contributed by atoms with van der Waals surface area (Å²) in [4.78, 5) is 28.7. The summed E-state index contributed by atoms with van der Waals surface area (Å²) in [6.07, 6.45) is 0. The Bertz CT molecular complexity index is 810. The summed E-state index contributed by atoms with van der Waals surface area (Å²) in [5.41, 5.74) is 2.74. The lowest BCUT2D eigenvalue weighted by Crippen LogP contribution is -3.08. The first-order valence-corrected chi connectivity index (χ1v) is 10.3. The van der Waals surface area contributed by atoms with Gasteiger partial charge in [-0.2, -0.15) is 0 Å². The van der Waals surface area contributed by atoms with Gasteiger partial charge >= 0.3 is 0 Å². The van der Waals surface area contributed by atoms with Gasteiger partial charge in [0.25, 0.3) is 5.91 Å². The van der Waals surface area contributed by atoms with Gasteiger partial charge in [-0.25, -0.2) is 0 Å². The molecule has 0 aromatic heterocycles. The number of hydrogen-bond donors (Lipinski definition) is 2. The van der Waals surface area contributed by atoms with E-state index in [0.29, 0.717) is 24.4 Å². The summed E-state index contributed by atoms with van der Waals surface area (Å²) in [5, 5.41) is 3.00. The molecule has 142 valence electrons. The summed E-state index contributed by atoms with van der Waals surface area (Å²) < 4.78 is 0. The van der Waals surface area contributed by atoms with Crippen LogP contribution in [0.2, 0.25) is 0 Å². The van der Waals surface area contributed by atoms with E-state index in [2.05, 4.69) is 24.5 Å². The lowest BCUT2D eigenvalue weighted by molar-refractivity contribution is -0.892. The van der Waals surface area contributed by atoms with Crippen molar-refractivity contribution in [3.05, 3.63) is 59.7 Å². The van der Waals surface area contributed by atoms with Crippen molar-refractivity contribution in [2.24, 2.45) is 0 Å². The maximum Gasteiger partial charge on any atom is 0.251 e. The van der Waals surface area contributed by atoms with Crippen LogP contribution in [0, 0.1) is 0 Å². The summed E-state index contributed by atoms with van der Waals surface area (Å²) in [6, 6.07) is 16.0. The molecule has 0 radical (unpaired) electrons. The van der Waals surface area contributed by atoms with Gasteiger partial charge in [-0.05, 0) is 25.1 Å². The molecule has 6 heteroatoms. The third-order valence-electron chi connectivity index (χ3n) is 4.67. The van der Waals surface area contributed by atoms with Crippen LogP contribution in [0.3, 0.4) is 0 Å². The molecule has 2 aromatic rings. The van der Waals surface area contributed by atoms with E-state index in [1.165, 1.54) is 22.2 Å². The molecular formula is C21H26N3O2S+. The van der Waals surface area contributed by atoms with Crippen LogP contribution < -0.4 is 15.1 Å². The van der Waals surface area contributed by atoms with E-state index in [-0.39, 0.29) is 11.8 Å². The average molecular weight is 385 g/mol. The van der Waals surface area contributed by atoms with Gasteiger partial charge in [-0.1, -0.05) is 30.3 Å². The third-order valence-corrected chi connectivity index (χ3v) is 5.71. The van der Waals surface area contributed by atoms with Crippen LogP contribution in [0.1, 0.15) is 22.8 Å². The molecule has 2 aromatic carbocycles. The maximum absolute atomic E-state index is 12.5. The van der Waals surface area contributed by atoms with Gasteiger partial charge in [0.1, 0.15) is 6.54 Å². The van der Waals surface area contributed by atoms with E-state index in [4.69, 9.17) is 0 Å². The number of benzene rings is 2. The number of amides is 2. The van der Waals surface area contributed by atoms with Crippen molar-refractivity contribution in [1.29, 1.82) is 0 Å². The lowest BCUT2D eigenvalue weighted by Gasteiger charge is -2.28. The Hall–Kier alpha value is -2.31. The molecule has 0 spiro atoms. The number of quaternary nitrogens is 1. The van der Waals surface area contributed by atoms with Gasteiger partial charge in [-0.15, -0.1) is 11.8 Å². The van der Waals surface area contributed by atoms with Gasteiger partial charge in [0.2, 0.25) is 5.91 Å².